The van der Waals surface area contributed by atoms with Crippen LogP contribution in [0.25, 0.3) is 0 Å². The molecular formula is C13H11FINO3. The number of furan rings is 1. The fourth-order valence-corrected chi connectivity index (χ4v) is 2.29. The van der Waals surface area contributed by atoms with Crippen LogP contribution in [0, 0.1) is 16.3 Å². The lowest BCUT2D eigenvalue weighted by Gasteiger charge is -2.07. The zero-order valence-electron chi connectivity index (χ0n) is 10.0. The molecule has 0 aliphatic heterocycles. The lowest BCUT2D eigenvalue weighted by Crippen LogP contribution is -2.01. The van der Waals surface area contributed by atoms with Crippen LogP contribution in [0.5, 0.6) is 0 Å². The average molecular weight is 375 g/mol. The first kappa shape index (κ1) is 13.9. The third kappa shape index (κ3) is 3.25. The highest BCUT2D eigenvalue weighted by Gasteiger charge is 2.13. The molecule has 0 fully saturated rings. The molecule has 0 aliphatic rings. The zero-order valence-corrected chi connectivity index (χ0v) is 12.2. The quantitative estimate of drug-likeness (QED) is 0.802. The van der Waals surface area contributed by atoms with Gasteiger partial charge in [-0.25, -0.2) is 9.18 Å². The lowest BCUT2D eigenvalue weighted by atomic mass is 10.2. The smallest absolute Gasteiger partial charge is 0.371 e. The van der Waals surface area contributed by atoms with Crippen molar-refractivity contribution in [1.29, 1.82) is 0 Å². The van der Waals surface area contributed by atoms with Gasteiger partial charge in [0.15, 0.2) is 0 Å². The second-order valence-corrected chi connectivity index (χ2v) is 5.14. The minimum absolute atomic E-state index is 0.0805. The first-order chi connectivity index (χ1) is 8.97. The molecule has 1 heterocycles. The maximum absolute atomic E-state index is 13.0. The van der Waals surface area contributed by atoms with Gasteiger partial charge in [-0.2, -0.15) is 0 Å². The Kier molecular flexibility index (Phi) is 4.08. The second-order valence-electron chi connectivity index (χ2n) is 3.97. The van der Waals surface area contributed by atoms with Crippen molar-refractivity contribution in [3.8, 4) is 0 Å². The van der Waals surface area contributed by atoms with Crippen molar-refractivity contribution in [2.24, 2.45) is 0 Å². The number of hydrogen-bond acceptors (Lipinski definition) is 3. The number of aryl methyl sites for hydroxylation is 1. The summed E-state index contributed by atoms with van der Waals surface area (Å²) < 4.78 is 18.8. The van der Waals surface area contributed by atoms with E-state index in [-0.39, 0.29) is 11.6 Å². The predicted molar refractivity (Wildman–Crippen MR) is 76.8 cm³/mol. The number of hydrogen-bond donors (Lipinski definition) is 2. The highest BCUT2D eigenvalue weighted by molar-refractivity contribution is 14.1. The minimum atomic E-state index is -1.09. The topological polar surface area (TPSA) is 62.5 Å². The van der Waals surface area contributed by atoms with Gasteiger partial charge in [0, 0.05) is 21.4 Å². The van der Waals surface area contributed by atoms with Crippen LogP contribution in [0.2, 0.25) is 0 Å². The summed E-state index contributed by atoms with van der Waals surface area (Å²) in [6.07, 6.45) is 0. The minimum Gasteiger partial charge on any atom is -0.475 e. The van der Waals surface area contributed by atoms with E-state index in [1.807, 2.05) is 22.6 Å². The molecule has 0 unspecified atom stereocenters. The van der Waals surface area contributed by atoms with Gasteiger partial charge >= 0.3 is 5.97 Å². The maximum Gasteiger partial charge on any atom is 0.371 e. The molecule has 6 heteroatoms. The molecular weight excluding hydrogens is 364 g/mol. The summed E-state index contributed by atoms with van der Waals surface area (Å²) in [5.74, 6) is -0.904. The fraction of sp³-hybridized carbons (Fsp3) is 0.154. The van der Waals surface area contributed by atoms with E-state index in [0.717, 1.165) is 14.8 Å². The zero-order chi connectivity index (χ0) is 14.0. The molecule has 0 aliphatic carbocycles. The Balaban J connectivity index is 2.12. The van der Waals surface area contributed by atoms with Crippen LogP contribution in [0.4, 0.5) is 10.1 Å². The summed E-state index contributed by atoms with van der Waals surface area (Å²) in [6.45, 7) is 2.13. The second kappa shape index (κ2) is 5.60. The van der Waals surface area contributed by atoms with E-state index in [4.69, 9.17) is 9.52 Å². The van der Waals surface area contributed by atoms with Crippen molar-refractivity contribution in [3.63, 3.8) is 0 Å². The van der Waals surface area contributed by atoms with Crippen LogP contribution in [0.3, 0.4) is 0 Å². The number of benzene rings is 1. The highest BCUT2D eigenvalue weighted by Crippen LogP contribution is 2.21. The van der Waals surface area contributed by atoms with Crippen molar-refractivity contribution in [2.45, 2.75) is 13.5 Å². The first-order valence-corrected chi connectivity index (χ1v) is 6.57. The van der Waals surface area contributed by atoms with Gasteiger partial charge in [0.2, 0.25) is 5.76 Å². The molecule has 2 N–H and O–H groups in total. The molecule has 19 heavy (non-hydrogen) atoms. The van der Waals surface area contributed by atoms with Crippen LogP contribution in [0.1, 0.15) is 21.9 Å². The summed E-state index contributed by atoms with van der Waals surface area (Å²) in [4.78, 5) is 10.8. The Morgan fingerprint density at radius 1 is 1.47 bits per heavy atom. The third-order valence-corrected chi connectivity index (χ3v) is 3.52. The number of anilines is 1. The van der Waals surface area contributed by atoms with E-state index in [9.17, 15) is 9.18 Å². The largest absolute Gasteiger partial charge is 0.475 e. The normalized spacial score (nSPS) is 10.5. The molecule has 1 aromatic heterocycles. The van der Waals surface area contributed by atoms with Gasteiger partial charge in [-0.15, -0.1) is 0 Å². The molecule has 2 aromatic rings. The van der Waals surface area contributed by atoms with Gasteiger partial charge in [0.1, 0.15) is 11.6 Å². The Morgan fingerprint density at radius 2 is 2.21 bits per heavy atom. The van der Waals surface area contributed by atoms with Crippen molar-refractivity contribution in [2.75, 3.05) is 5.32 Å². The molecule has 0 atom stereocenters. The van der Waals surface area contributed by atoms with Crippen molar-refractivity contribution >= 4 is 34.2 Å². The summed E-state index contributed by atoms with van der Waals surface area (Å²) in [5, 5.41) is 11.9. The van der Waals surface area contributed by atoms with E-state index in [1.165, 1.54) is 18.2 Å². The molecule has 2 rings (SSSR count). The molecule has 0 saturated carbocycles. The van der Waals surface area contributed by atoms with E-state index >= 15 is 0 Å². The van der Waals surface area contributed by atoms with E-state index in [0.29, 0.717) is 12.3 Å². The van der Waals surface area contributed by atoms with Gasteiger partial charge in [0.25, 0.3) is 0 Å². The van der Waals surface area contributed by atoms with E-state index < -0.39 is 5.97 Å². The van der Waals surface area contributed by atoms with Crippen LogP contribution < -0.4 is 5.32 Å². The highest BCUT2D eigenvalue weighted by atomic mass is 127. The molecule has 0 saturated heterocycles. The monoisotopic (exact) mass is 375 g/mol. The van der Waals surface area contributed by atoms with Gasteiger partial charge < -0.3 is 14.8 Å². The number of rotatable bonds is 4. The van der Waals surface area contributed by atoms with Crippen LogP contribution in [0.15, 0.2) is 28.7 Å². The fourth-order valence-electron chi connectivity index (χ4n) is 1.62. The molecule has 4 nitrogen and oxygen atoms in total. The van der Waals surface area contributed by atoms with Crippen LogP contribution in [-0.2, 0) is 6.54 Å². The summed E-state index contributed by atoms with van der Waals surface area (Å²) in [5.41, 5.74) is 1.55. The molecule has 0 spiro atoms. The lowest BCUT2D eigenvalue weighted by molar-refractivity contribution is 0.0661. The van der Waals surface area contributed by atoms with E-state index in [1.54, 1.807) is 13.0 Å². The Labute approximate surface area is 122 Å². The third-order valence-electron chi connectivity index (χ3n) is 2.63. The molecule has 0 radical (unpaired) electrons. The first-order valence-electron chi connectivity index (χ1n) is 5.49. The van der Waals surface area contributed by atoms with E-state index in [2.05, 4.69) is 5.32 Å². The number of halogens is 2. The van der Waals surface area contributed by atoms with Gasteiger partial charge in [-0.1, -0.05) is 0 Å². The molecule has 0 bridgehead atoms. The summed E-state index contributed by atoms with van der Waals surface area (Å²) in [6, 6.07) is 5.93. The average Bonchev–Trinajstić information content (AvgIpc) is 2.70. The summed E-state index contributed by atoms with van der Waals surface area (Å²) >= 11 is 2.03. The molecule has 1 aromatic carbocycles. The standard InChI is InChI=1S/C13H11FINO3/c1-7-8(4-12(19-7)13(17)18)6-16-11-3-2-9(14)5-10(11)15/h2-5,16H,6H2,1H3,(H,17,18). The number of carboxylic acids is 1. The SMILES string of the molecule is Cc1oc(C(=O)O)cc1CNc1ccc(F)cc1I. The van der Waals surface area contributed by atoms with Crippen molar-refractivity contribution < 1.29 is 18.7 Å². The Hall–Kier alpha value is -1.57. The van der Waals surface area contributed by atoms with Gasteiger partial charge in [-0.05, 0) is 53.8 Å². The molecule has 100 valence electrons. The summed E-state index contributed by atoms with van der Waals surface area (Å²) in [7, 11) is 0. The van der Waals surface area contributed by atoms with Crippen molar-refractivity contribution in [1.82, 2.24) is 0 Å². The van der Waals surface area contributed by atoms with Gasteiger partial charge in [0.05, 0.1) is 0 Å². The number of aromatic carboxylic acids is 1. The maximum atomic E-state index is 13.0. The number of nitrogens with one attached hydrogen (secondary N) is 1. The Bertz CT molecular complexity index is 624. The predicted octanol–water partition coefficient (Wildman–Crippen LogP) is 3.64. The number of carboxylic acid groups (broad SMARTS) is 1. The van der Waals surface area contributed by atoms with Gasteiger partial charge in [-0.3, -0.25) is 0 Å². The van der Waals surface area contributed by atoms with Crippen LogP contribution in [-0.4, -0.2) is 11.1 Å². The number of carbonyl (C=O) groups is 1. The molecule has 0 amide bonds. The Morgan fingerprint density at radius 3 is 2.79 bits per heavy atom. The van der Waals surface area contributed by atoms with Crippen LogP contribution >= 0.6 is 22.6 Å². The van der Waals surface area contributed by atoms with Crippen molar-refractivity contribution in [3.05, 3.63) is 50.7 Å².